The van der Waals surface area contributed by atoms with Crippen LogP contribution in [0.1, 0.15) is 64.2 Å². The van der Waals surface area contributed by atoms with Crippen molar-refractivity contribution in [1.29, 1.82) is 0 Å². The number of aliphatic hydroxyl groups excluding tert-OH is 1. The Labute approximate surface area is 123 Å². The van der Waals surface area contributed by atoms with E-state index >= 15 is 0 Å². The van der Waals surface area contributed by atoms with Gasteiger partial charge in [0.05, 0.1) is 6.61 Å². The lowest BCUT2D eigenvalue weighted by atomic mass is 9.49. The fourth-order valence-electron chi connectivity index (χ4n) is 6.70. The van der Waals surface area contributed by atoms with Crippen LogP contribution in [-0.4, -0.2) is 35.7 Å². The lowest BCUT2D eigenvalue weighted by molar-refractivity contribution is -0.0756. The van der Waals surface area contributed by atoms with Crippen LogP contribution in [0, 0.1) is 23.2 Å². The third kappa shape index (κ3) is 2.43. The molecule has 2 heteroatoms. The number of hydrogen-bond acceptors (Lipinski definition) is 2. The van der Waals surface area contributed by atoms with Crippen molar-refractivity contribution >= 4 is 0 Å². The summed E-state index contributed by atoms with van der Waals surface area (Å²) in [6, 6.07) is 0.787. The molecule has 0 aromatic rings. The molecule has 5 fully saturated rings. The molecular formula is C18H31NO. The quantitative estimate of drug-likeness (QED) is 0.832. The molecule has 2 nitrogen and oxygen atoms in total. The number of nitrogens with zero attached hydrogens (tertiary/aromatic N) is 1. The molecule has 1 N–H and O–H groups in total. The Hall–Kier alpha value is -0.0800. The van der Waals surface area contributed by atoms with Crippen LogP contribution >= 0.6 is 0 Å². The fourth-order valence-corrected chi connectivity index (χ4v) is 6.70. The van der Waals surface area contributed by atoms with E-state index in [0.717, 1.165) is 30.3 Å². The van der Waals surface area contributed by atoms with Gasteiger partial charge in [0.25, 0.3) is 0 Å². The summed E-state index contributed by atoms with van der Waals surface area (Å²) in [4.78, 5) is 2.69. The highest BCUT2D eigenvalue weighted by Gasteiger charge is 2.51. The van der Waals surface area contributed by atoms with Gasteiger partial charge < -0.3 is 5.11 Å². The second-order valence-electron chi connectivity index (χ2n) is 8.55. The lowest BCUT2D eigenvalue weighted by Crippen LogP contribution is -2.53. The smallest absolute Gasteiger partial charge is 0.0558 e. The summed E-state index contributed by atoms with van der Waals surface area (Å²) >= 11 is 0. The summed E-state index contributed by atoms with van der Waals surface area (Å²) in [5.41, 5.74) is 0.645. The van der Waals surface area contributed by atoms with Gasteiger partial charge in [0, 0.05) is 19.1 Å². The van der Waals surface area contributed by atoms with Gasteiger partial charge in [0.1, 0.15) is 0 Å². The van der Waals surface area contributed by atoms with Crippen LogP contribution in [0.15, 0.2) is 0 Å². The molecule has 0 aromatic carbocycles. The van der Waals surface area contributed by atoms with Crippen molar-refractivity contribution in [2.75, 3.05) is 19.7 Å². The van der Waals surface area contributed by atoms with Crippen molar-refractivity contribution < 1.29 is 5.11 Å². The van der Waals surface area contributed by atoms with Gasteiger partial charge in [-0.25, -0.2) is 0 Å². The van der Waals surface area contributed by atoms with Crippen LogP contribution in [0.5, 0.6) is 0 Å². The van der Waals surface area contributed by atoms with Crippen LogP contribution in [0.2, 0.25) is 0 Å². The van der Waals surface area contributed by atoms with E-state index < -0.39 is 0 Å². The fraction of sp³-hybridized carbons (Fsp3) is 1.00. The molecular weight excluding hydrogens is 246 g/mol. The maximum atomic E-state index is 9.47. The van der Waals surface area contributed by atoms with Gasteiger partial charge in [-0.3, -0.25) is 4.90 Å². The van der Waals surface area contributed by atoms with Crippen molar-refractivity contribution in [1.82, 2.24) is 4.90 Å². The molecule has 0 aromatic heterocycles. The molecule has 0 spiro atoms. The van der Waals surface area contributed by atoms with Gasteiger partial charge in [-0.1, -0.05) is 12.8 Å². The first-order chi connectivity index (χ1) is 9.76. The second kappa shape index (κ2) is 5.28. The van der Waals surface area contributed by atoms with Gasteiger partial charge in [-0.2, -0.15) is 0 Å². The average Bonchev–Trinajstić information content (AvgIpc) is 2.90. The van der Waals surface area contributed by atoms with Crippen molar-refractivity contribution in [3.05, 3.63) is 0 Å². The van der Waals surface area contributed by atoms with Crippen molar-refractivity contribution in [2.45, 2.75) is 70.3 Å². The first kappa shape index (κ1) is 13.6. The zero-order valence-corrected chi connectivity index (χ0v) is 12.9. The third-order valence-electron chi connectivity index (χ3n) is 6.93. The molecule has 114 valence electrons. The molecule has 5 aliphatic carbocycles. The molecule has 0 unspecified atom stereocenters. The van der Waals surface area contributed by atoms with E-state index in [9.17, 15) is 5.11 Å². The van der Waals surface area contributed by atoms with Gasteiger partial charge in [0.2, 0.25) is 0 Å². The Morgan fingerprint density at radius 2 is 1.45 bits per heavy atom. The predicted molar refractivity (Wildman–Crippen MR) is 81.5 cm³/mol. The van der Waals surface area contributed by atoms with Crippen LogP contribution in [0.4, 0.5) is 0 Å². The Morgan fingerprint density at radius 1 is 0.900 bits per heavy atom. The van der Waals surface area contributed by atoms with E-state index in [1.807, 2.05) is 0 Å². The molecule has 20 heavy (non-hydrogen) atoms. The summed E-state index contributed by atoms with van der Waals surface area (Å²) in [6.45, 7) is 2.58. The van der Waals surface area contributed by atoms with E-state index in [0.29, 0.717) is 12.0 Å². The number of hydrogen-bond donors (Lipinski definition) is 1. The minimum Gasteiger partial charge on any atom is -0.395 e. The molecule has 0 saturated heterocycles. The molecule has 0 heterocycles. The Balaban J connectivity index is 1.48. The highest BCUT2D eigenvalue weighted by molar-refractivity contribution is 5.03. The minimum absolute atomic E-state index is 0.350. The van der Waals surface area contributed by atoms with Crippen molar-refractivity contribution in [3.63, 3.8) is 0 Å². The number of rotatable bonds is 5. The summed E-state index contributed by atoms with van der Waals surface area (Å²) < 4.78 is 0. The lowest BCUT2D eigenvalue weighted by Gasteiger charge is -2.58. The Morgan fingerprint density at radius 3 is 1.95 bits per heavy atom. The third-order valence-corrected chi connectivity index (χ3v) is 6.93. The molecule has 0 radical (unpaired) electrons. The molecule has 0 aliphatic heterocycles. The highest BCUT2D eigenvalue weighted by atomic mass is 16.3. The largest absolute Gasteiger partial charge is 0.395 e. The molecule has 0 amide bonds. The second-order valence-corrected chi connectivity index (χ2v) is 8.55. The van der Waals surface area contributed by atoms with Crippen molar-refractivity contribution in [2.24, 2.45) is 23.2 Å². The standard InChI is InChI=1S/C18H31NO/c20-6-5-19(17-3-1-2-4-17)13-18-10-14-7-15(11-18)9-16(8-14)12-18/h14-17,20H,1-13H2. The summed E-state index contributed by atoms with van der Waals surface area (Å²) in [5, 5.41) is 9.47. The minimum atomic E-state index is 0.350. The molecule has 5 saturated carbocycles. The summed E-state index contributed by atoms with van der Waals surface area (Å²) in [7, 11) is 0. The Kier molecular flexibility index (Phi) is 3.58. The van der Waals surface area contributed by atoms with Gasteiger partial charge in [0.15, 0.2) is 0 Å². The Bertz CT molecular complexity index is 312. The van der Waals surface area contributed by atoms with Gasteiger partial charge in [-0.05, 0) is 74.5 Å². The number of aliphatic hydroxyl groups is 1. The normalized spacial score (nSPS) is 43.8. The molecule has 5 rings (SSSR count). The van der Waals surface area contributed by atoms with Gasteiger partial charge in [-0.15, -0.1) is 0 Å². The van der Waals surface area contributed by atoms with Crippen LogP contribution in [-0.2, 0) is 0 Å². The van der Waals surface area contributed by atoms with Crippen LogP contribution in [0.25, 0.3) is 0 Å². The van der Waals surface area contributed by atoms with E-state index in [1.54, 1.807) is 19.3 Å². The van der Waals surface area contributed by atoms with Gasteiger partial charge >= 0.3 is 0 Å². The topological polar surface area (TPSA) is 23.5 Å². The predicted octanol–water partition coefficient (Wildman–Crippen LogP) is 3.44. The van der Waals surface area contributed by atoms with E-state index in [-0.39, 0.29) is 0 Å². The van der Waals surface area contributed by atoms with Crippen molar-refractivity contribution in [3.8, 4) is 0 Å². The summed E-state index contributed by atoms with van der Waals surface area (Å²) in [5.74, 6) is 3.17. The maximum absolute atomic E-state index is 9.47. The molecule has 5 aliphatic rings. The SMILES string of the molecule is OCCN(CC12CC3CC(CC(C3)C1)C2)C1CCCC1. The zero-order chi connectivity index (χ0) is 13.6. The summed E-state index contributed by atoms with van der Waals surface area (Å²) in [6.07, 6.45) is 14.7. The first-order valence-electron chi connectivity index (χ1n) is 9.11. The van der Waals surface area contributed by atoms with Crippen LogP contribution in [0.3, 0.4) is 0 Å². The molecule has 4 bridgehead atoms. The van der Waals surface area contributed by atoms with E-state index in [2.05, 4.69) is 4.90 Å². The van der Waals surface area contributed by atoms with E-state index in [1.165, 1.54) is 51.5 Å². The monoisotopic (exact) mass is 277 g/mol. The highest BCUT2D eigenvalue weighted by Crippen LogP contribution is 2.60. The van der Waals surface area contributed by atoms with E-state index in [4.69, 9.17) is 0 Å². The maximum Gasteiger partial charge on any atom is 0.0558 e. The zero-order valence-electron chi connectivity index (χ0n) is 12.9. The molecule has 0 atom stereocenters. The first-order valence-corrected chi connectivity index (χ1v) is 9.11. The average molecular weight is 277 g/mol. The van der Waals surface area contributed by atoms with Crippen LogP contribution < -0.4 is 0 Å².